The first-order chi connectivity index (χ1) is 7.20. The molecule has 2 N–H and O–H groups in total. The molecule has 0 fully saturated rings. The first-order valence-corrected chi connectivity index (χ1v) is 5.64. The lowest BCUT2D eigenvalue weighted by molar-refractivity contribution is -0.145. The first kappa shape index (κ1) is 14.4. The summed E-state index contributed by atoms with van der Waals surface area (Å²) in [5.74, 6) is 0.226. The van der Waals surface area contributed by atoms with Crippen molar-refractivity contribution in [1.29, 1.82) is 0 Å². The molecule has 15 heavy (non-hydrogen) atoms. The van der Waals surface area contributed by atoms with Crippen LogP contribution in [0.4, 0.5) is 0 Å². The lowest BCUT2D eigenvalue weighted by Gasteiger charge is -2.08. The van der Waals surface area contributed by atoms with E-state index in [1.807, 2.05) is 13.8 Å². The monoisotopic (exact) mass is 217 g/mol. The van der Waals surface area contributed by atoms with Crippen molar-refractivity contribution in [2.24, 2.45) is 11.7 Å². The molecule has 4 nitrogen and oxygen atoms in total. The summed E-state index contributed by atoms with van der Waals surface area (Å²) in [5.41, 5.74) is 5.44. The van der Waals surface area contributed by atoms with Gasteiger partial charge in [0.1, 0.15) is 6.61 Å². The van der Waals surface area contributed by atoms with E-state index >= 15 is 0 Å². The fourth-order valence-corrected chi connectivity index (χ4v) is 1.02. The molecule has 0 aromatic carbocycles. The van der Waals surface area contributed by atoms with Gasteiger partial charge < -0.3 is 15.2 Å². The summed E-state index contributed by atoms with van der Waals surface area (Å²) in [5, 5.41) is 0. The largest absolute Gasteiger partial charge is 0.463 e. The van der Waals surface area contributed by atoms with Gasteiger partial charge in [-0.1, -0.05) is 13.8 Å². The molecule has 1 unspecified atom stereocenters. The fraction of sp³-hybridized carbons (Fsp3) is 0.909. The minimum absolute atomic E-state index is 0.157. The molecular formula is C11H23NO3. The quantitative estimate of drug-likeness (QED) is 0.467. The maximum absolute atomic E-state index is 11.2. The van der Waals surface area contributed by atoms with Gasteiger partial charge in [0.05, 0.1) is 6.61 Å². The summed E-state index contributed by atoms with van der Waals surface area (Å²) in [6, 6.07) is 0. The maximum atomic E-state index is 11.2. The molecular weight excluding hydrogens is 194 g/mol. The van der Waals surface area contributed by atoms with Crippen molar-refractivity contribution in [2.75, 3.05) is 26.4 Å². The van der Waals surface area contributed by atoms with E-state index in [4.69, 9.17) is 15.2 Å². The minimum atomic E-state index is -0.157. The van der Waals surface area contributed by atoms with Gasteiger partial charge in [-0.15, -0.1) is 0 Å². The number of hydrogen-bond acceptors (Lipinski definition) is 4. The molecule has 0 heterocycles. The summed E-state index contributed by atoms with van der Waals surface area (Å²) >= 11 is 0. The zero-order valence-corrected chi connectivity index (χ0v) is 9.83. The average molecular weight is 217 g/mol. The lowest BCUT2D eigenvalue weighted by atomic mass is 10.1. The summed E-state index contributed by atoms with van der Waals surface area (Å²) in [6.45, 7) is 6.26. The molecule has 0 aliphatic carbocycles. The molecule has 0 amide bonds. The van der Waals surface area contributed by atoms with E-state index in [0.29, 0.717) is 32.1 Å². The van der Waals surface area contributed by atoms with Crippen LogP contribution in [0, 0.1) is 5.92 Å². The van der Waals surface area contributed by atoms with Crippen molar-refractivity contribution in [3.63, 3.8) is 0 Å². The predicted molar refractivity (Wildman–Crippen MR) is 59.5 cm³/mol. The van der Waals surface area contributed by atoms with Crippen molar-refractivity contribution in [3.8, 4) is 0 Å². The number of carbonyl (C=O) groups excluding carboxylic acids is 1. The third kappa shape index (κ3) is 9.69. The molecule has 0 saturated carbocycles. The molecule has 90 valence electrons. The van der Waals surface area contributed by atoms with E-state index in [-0.39, 0.29) is 5.97 Å². The van der Waals surface area contributed by atoms with Gasteiger partial charge in [0.2, 0.25) is 0 Å². The van der Waals surface area contributed by atoms with Gasteiger partial charge in [-0.2, -0.15) is 0 Å². The van der Waals surface area contributed by atoms with Crippen molar-refractivity contribution >= 4 is 5.97 Å². The van der Waals surface area contributed by atoms with Gasteiger partial charge in [0.25, 0.3) is 0 Å². The molecule has 4 heteroatoms. The van der Waals surface area contributed by atoms with E-state index in [1.54, 1.807) is 0 Å². The molecule has 0 rings (SSSR count). The Morgan fingerprint density at radius 2 is 2.07 bits per heavy atom. The second-order valence-corrected chi connectivity index (χ2v) is 3.71. The second-order valence-electron chi connectivity index (χ2n) is 3.71. The third-order valence-corrected chi connectivity index (χ3v) is 2.08. The molecule has 0 aromatic heterocycles. The van der Waals surface area contributed by atoms with E-state index in [1.165, 1.54) is 0 Å². The van der Waals surface area contributed by atoms with Crippen LogP contribution < -0.4 is 5.73 Å². The Hall–Kier alpha value is -0.610. The highest BCUT2D eigenvalue weighted by molar-refractivity contribution is 5.69. The van der Waals surface area contributed by atoms with Gasteiger partial charge in [0.15, 0.2) is 0 Å². The molecule has 0 radical (unpaired) electrons. The Labute approximate surface area is 92.1 Å². The molecule has 0 aliphatic heterocycles. The summed E-state index contributed by atoms with van der Waals surface area (Å²) in [4.78, 5) is 11.2. The highest BCUT2D eigenvalue weighted by atomic mass is 16.6. The van der Waals surface area contributed by atoms with Crippen molar-refractivity contribution < 1.29 is 14.3 Å². The molecule has 0 aromatic rings. The van der Waals surface area contributed by atoms with Gasteiger partial charge >= 0.3 is 5.97 Å². The average Bonchev–Trinajstić information content (AvgIpc) is 2.25. The number of hydrogen-bond donors (Lipinski definition) is 1. The minimum Gasteiger partial charge on any atom is -0.463 e. The highest BCUT2D eigenvalue weighted by Crippen LogP contribution is 2.03. The van der Waals surface area contributed by atoms with Gasteiger partial charge in [-0.3, -0.25) is 4.79 Å². The van der Waals surface area contributed by atoms with Gasteiger partial charge in [0, 0.05) is 13.0 Å². The number of carbonyl (C=O) groups is 1. The number of nitrogens with two attached hydrogens (primary N) is 1. The first-order valence-electron chi connectivity index (χ1n) is 5.64. The van der Waals surface area contributed by atoms with Crippen LogP contribution in [0.15, 0.2) is 0 Å². The molecule has 0 aliphatic rings. The van der Waals surface area contributed by atoms with E-state index in [9.17, 15) is 4.79 Å². The van der Waals surface area contributed by atoms with E-state index in [0.717, 1.165) is 19.4 Å². The van der Waals surface area contributed by atoms with Gasteiger partial charge in [-0.05, 0) is 25.3 Å². The van der Waals surface area contributed by atoms with Crippen LogP contribution in [0.5, 0.6) is 0 Å². The third-order valence-electron chi connectivity index (χ3n) is 2.08. The molecule has 1 atom stereocenters. The second kappa shape index (κ2) is 9.93. The zero-order valence-electron chi connectivity index (χ0n) is 9.83. The fourth-order valence-electron chi connectivity index (χ4n) is 1.02. The highest BCUT2D eigenvalue weighted by Gasteiger charge is 2.06. The zero-order chi connectivity index (χ0) is 11.5. The van der Waals surface area contributed by atoms with Crippen LogP contribution in [0.25, 0.3) is 0 Å². The van der Waals surface area contributed by atoms with Crippen LogP contribution in [-0.4, -0.2) is 32.3 Å². The number of rotatable bonds is 9. The Bertz CT molecular complexity index is 162. The lowest BCUT2D eigenvalue weighted by Crippen LogP contribution is -2.15. The van der Waals surface area contributed by atoms with Crippen molar-refractivity contribution in [2.45, 2.75) is 33.1 Å². The molecule has 0 bridgehead atoms. The Morgan fingerprint density at radius 3 is 2.67 bits per heavy atom. The van der Waals surface area contributed by atoms with Crippen LogP contribution in [-0.2, 0) is 14.3 Å². The maximum Gasteiger partial charge on any atom is 0.305 e. The normalized spacial score (nSPS) is 12.5. The van der Waals surface area contributed by atoms with E-state index < -0.39 is 0 Å². The molecule has 0 spiro atoms. The van der Waals surface area contributed by atoms with Gasteiger partial charge in [-0.25, -0.2) is 0 Å². The Morgan fingerprint density at radius 1 is 1.33 bits per heavy atom. The van der Waals surface area contributed by atoms with Crippen molar-refractivity contribution in [1.82, 2.24) is 0 Å². The van der Waals surface area contributed by atoms with E-state index in [2.05, 4.69) is 0 Å². The SMILES string of the molecule is CCCOCCOC(=O)CCC(C)CN. The van der Waals surface area contributed by atoms with Crippen molar-refractivity contribution in [3.05, 3.63) is 0 Å². The topological polar surface area (TPSA) is 61.5 Å². The smallest absolute Gasteiger partial charge is 0.305 e. The number of ether oxygens (including phenoxy) is 2. The van der Waals surface area contributed by atoms with Crippen LogP contribution in [0.1, 0.15) is 33.1 Å². The standard InChI is InChI=1S/C11H23NO3/c1-3-6-14-7-8-15-11(13)5-4-10(2)9-12/h10H,3-9,12H2,1-2H3. The Kier molecular flexibility index (Phi) is 9.52. The molecule has 0 saturated heterocycles. The van der Waals surface area contributed by atoms with Crippen LogP contribution in [0.3, 0.4) is 0 Å². The Balaban J connectivity index is 3.26. The summed E-state index contributed by atoms with van der Waals surface area (Å²) < 4.78 is 10.2. The summed E-state index contributed by atoms with van der Waals surface area (Å²) in [7, 11) is 0. The number of esters is 1. The van der Waals surface area contributed by atoms with Crippen LogP contribution >= 0.6 is 0 Å². The summed E-state index contributed by atoms with van der Waals surface area (Å²) in [6.07, 6.45) is 2.24. The predicted octanol–water partition coefficient (Wildman–Crippen LogP) is 1.33. The van der Waals surface area contributed by atoms with Crippen LogP contribution in [0.2, 0.25) is 0 Å².